The number of aromatic nitrogens is 3. The van der Waals surface area contributed by atoms with Crippen LogP contribution in [-0.2, 0) is 5.75 Å². The second kappa shape index (κ2) is 8.29. The van der Waals surface area contributed by atoms with Gasteiger partial charge in [-0.25, -0.2) is 4.39 Å². The van der Waals surface area contributed by atoms with E-state index in [9.17, 15) is 4.39 Å². The molecule has 6 heteroatoms. The van der Waals surface area contributed by atoms with Gasteiger partial charge < -0.3 is 0 Å². The van der Waals surface area contributed by atoms with Crippen LogP contribution >= 0.6 is 11.8 Å². The zero-order chi connectivity index (χ0) is 20.2. The Kier molecular flexibility index (Phi) is 5.41. The van der Waals surface area contributed by atoms with Crippen LogP contribution in [0.15, 0.2) is 78.0 Å². The average Bonchev–Trinajstić information content (AvgIpc) is 3.16. The molecule has 0 fully saturated rings. The fraction of sp³-hybridized carbons (Fsp3) is 0.0870. The van der Waals surface area contributed by atoms with Crippen LogP contribution in [0.1, 0.15) is 16.7 Å². The van der Waals surface area contributed by atoms with Crippen LogP contribution in [0.2, 0.25) is 0 Å². The molecular formula is C23H17FN4S. The van der Waals surface area contributed by atoms with E-state index in [1.807, 2.05) is 54.0 Å². The number of nitrogens with zero attached hydrogens (tertiary/aromatic N) is 4. The van der Waals surface area contributed by atoms with Gasteiger partial charge in [-0.3, -0.25) is 4.57 Å². The molecule has 3 aromatic carbocycles. The van der Waals surface area contributed by atoms with Gasteiger partial charge in [-0.15, -0.1) is 10.2 Å². The van der Waals surface area contributed by atoms with Gasteiger partial charge in [0.05, 0.1) is 22.9 Å². The Bertz CT molecular complexity index is 1210. The molecule has 0 N–H and O–H groups in total. The number of hydrogen-bond donors (Lipinski definition) is 0. The maximum Gasteiger partial charge on any atom is 0.196 e. The Balaban J connectivity index is 1.77. The minimum atomic E-state index is -0.340. The van der Waals surface area contributed by atoms with Crippen molar-refractivity contribution < 1.29 is 4.39 Å². The van der Waals surface area contributed by atoms with Crippen LogP contribution in [0.25, 0.3) is 17.1 Å². The zero-order valence-electron chi connectivity index (χ0n) is 15.7. The Morgan fingerprint density at radius 1 is 1.00 bits per heavy atom. The number of halogens is 1. The van der Waals surface area contributed by atoms with Crippen molar-refractivity contribution in [3.05, 3.63) is 95.3 Å². The fourth-order valence-corrected chi connectivity index (χ4v) is 3.98. The Morgan fingerprint density at radius 2 is 1.79 bits per heavy atom. The lowest BCUT2D eigenvalue weighted by molar-refractivity contribution is 0.629. The molecular weight excluding hydrogens is 383 g/mol. The molecule has 0 saturated heterocycles. The van der Waals surface area contributed by atoms with Crippen molar-refractivity contribution in [2.75, 3.05) is 0 Å². The minimum Gasteiger partial charge on any atom is -0.270 e. The van der Waals surface area contributed by atoms with E-state index in [0.717, 1.165) is 16.8 Å². The topological polar surface area (TPSA) is 54.5 Å². The summed E-state index contributed by atoms with van der Waals surface area (Å²) in [5, 5.41) is 18.4. The van der Waals surface area contributed by atoms with Crippen molar-refractivity contribution >= 4 is 11.8 Å². The molecule has 0 amide bonds. The third kappa shape index (κ3) is 3.91. The molecule has 4 aromatic rings. The summed E-state index contributed by atoms with van der Waals surface area (Å²) in [7, 11) is 0. The molecule has 0 aliphatic carbocycles. The van der Waals surface area contributed by atoms with E-state index in [1.54, 1.807) is 24.3 Å². The van der Waals surface area contributed by atoms with Crippen molar-refractivity contribution in [3.8, 4) is 23.1 Å². The molecule has 0 saturated carbocycles. The molecule has 0 aliphatic rings. The molecule has 0 bridgehead atoms. The third-order valence-electron chi connectivity index (χ3n) is 4.53. The summed E-state index contributed by atoms with van der Waals surface area (Å²) in [6.07, 6.45) is 0. The van der Waals surface area contributed by atoms with Crippen molar-refractivity contribution in [1.29, 1.82) is 5.26 Å². The van der Waals surface area contributed by atoms with Crippen molar-refractivity contribution in [1.82, 2.24) is 14.8 Å². The van der Waals surface area contributed by atoms with Crippen LogP contribution in [-0.4, -0.2) is 14.8 Å². The Hall–Kier alpha value is -3.43. The number of thioether (sulfide) groups is 1. The van der Waals surface area contributed by atoms with Crippen LogP contribution < -0.4 is 0 Å². The van der Waals surface area contributed by atoms with Gasteiger partial charge in [0.2, 0.25) is 0 Å². The average molecular weight is 400 g/mol. The Labute approximate surface area is 172 Å². The zero-order valence-corrected chi connectivity index (χ0v) is 16.5. The van der Waals surface area contributed by atoms with Crippen LogP contribution in [0.4, 0.5) is 4.39 Å². The van der Waals surface area contributed by atoms with Gasteiger partial charge >= 0.3 is 0 Å². The predicted molar refractivity (Wildman–Crippen MR) is 112 cm³/mol. The molecule has 1 heterocycles. The summed E-state index contributed by atoms with van der Waals surface area (Å²) in [5.74, 6) is 0.746. The standard InChI is InChI=1S/C23H17FN4S/c1-16-7-2-5-12-21(16)28-22(19-10-3-4-11-20(19)24)26-27-23(28)29-15-18-9-6-8-17(13-18)14-25/h2-13H,15H2,1H3. The van der Waals surface area contributed by atoms with Gasteiger partial charge in [-0.1, -0.05) is 54.2 Å². The van der Waals surface area contributed by atoms with E-state index >= 15 is 0 Å². The predicted octanol–water partition coefficient (Wildman–Crippen LogP) is 5.55. The van der Waals surface area contributed by atoms with Gasteiger partial charge in [0.15, 0.2) is 11.0 Å². The number of benzene rings is 3. The van der Waals surface area contributed by atoms with Crippen molar-refractivity contribution in [2.24, 2.45) is 0 Å². The monoisotopic (exact) mass is 400 g/mol. The second-order valence-electron chi connectivity index (χ2n) is 6.51. The number of hydrogen-bond acceptors (Lipinski definition) is 4. The molecule has 4 rings (SSSR count). The summed E-state index contributed by atoms with van der Waals surface area (Å²) in [4.78, 5) is 0. The lowest BCUT2D eigenvalue weighted by Crippen LogP contribution is -2.03. The third-order valence-corrected chi connectivity index (χ3v) is 5.53. The van der Waals surface area contributed by atoms with Gasteiger partial charge in [-0.05, 0) is 48.4 Å². The molecule has 1 aromatic heterocycles. The van der Waals surface area contributed by atoms with Gasteiger partial charge in [0.1, 0.15) is 5.82 Å². The minimum absolute atomic E-state index is 0.340. The highest BCUT2D eigenvalue weighted by Gasteiger charge is 2.19. The summed E-state index contributed by atoms with van der Waals surface area (Å²) in [6.45, 7) is 2.01. The van der Waals surface area contributed by atoms with Crippen molar-refractivity contribution in [3.63, 3.8) is 0 Å². The van der Waals surface area contributed by atoms with Crippen LogP contribution in [0.5, 0.6) is 0 Å². The summed E-state index contributed by atoms with van der Waals surface area (Å²) >= 11 is 1.50. The van der Waals surface area contributed by atoms with E-state index in [4.69, 9.17) is 5.26 Å². The summed E-state index contributed by atoms with van der Waals surface area (Å²) in [6, 6.07) is 24.1. The molecule has 142 valence electrons. The lowest BCUT2D eigenvalue weighted by atomic mass is 10.1. The smallest absolute Gasteiger partial charge is 0.196 e. The molecule has 0 spiro atoms. The van der Waals surface area contributed by atoms with E-state index in [0.29, 0.717) is 27.9 Å². The first-order chi connectivity index (χ1) is 14.2. The second-order valence-corrected chi connectivity index (χ2v) is 7.45. The van der Waals surface area contributed by atoms with Crippen LogP contribution in [0, 0.1) is 24.1 Å². The molecule has 0 atom stereocenters. The number of para-hydroxylation sites is 1. The summed E-state index contributed by atoms with van der Waals surface area (Å²) in [5.41, 5.74) is 3.99. The fourth-order valence-electron chi connectivity index (χ4n) is 3.09. The van der Waals surface area contributed by atoms with E-state index in [-0.39, 0.29) is 5.82 Å². The lowest BCUT2D eigenvalue weighted by Gasteiger charge is -2.13. The van der Waals surface area contributed by atoms with E-state index in [2.05, 4.69) is 16.3 Å². The maximum absolute atomic E-state index is 14.5. The molecule has 0 unspecified atom stereocenters. The SMILES string of the molecule is Cc1ccccc1-n1c(SCc2cccc(C#N)c2)nnc1-c1ccccc1F. The van der Waals surface area contributed by atoms with E-state index in [1.165, 1.54) is 17.8 Å². The van der Waals surface area contributed by atoms with Crippen LogP contribution in [0.3, 0.4) is 0 Å². The summed E-state index contributed by atoms with van der Waals surface area (Å²) < 4.78 is 16.4. The number of rotatable bonds is 5. The maximum atomic E-state index is 14.5. The first kappa shape index (κ1) is 18.9. The molecule has 0 radical (unpaired) electrons. The Morgan fingerprint density at radius 3 is 2.59 bits per heavy atom. The molecule has 0 aliphatic heterocycles. The van der Waals surface area contributed by atoms with Gasteiger partial charge in [0, 0.05) is 5.75 Å². The number of nitriles is 1. The molecule has 4 nitrogen and oxygen atoms in total. The first-order valence-electron chi connectivity index (χ1n) is 9.05. The largest absolute Gasteiger partial charge is 0.270 e. The van der Waals surface area contributed by atoms with E-state index < -0.39 is 0 Å². The quantitative estimate of drug-likeness (QED) is 0.412. The highest BCUT2D eigenvalue weighted by atomic mass is 32.2. The van der Waals surface area contributed by atoms with Gasteiger partial charge in [-0.2, -0.15) is 5.26 Å². The number of aryl methyl sites for hydroxylation is 1. The van der Waals surface area contributed by atoms with Crippen molar-refractivity contribution in [2.45, 2.75) is 17.8 Å². The molecule has 29 heavy (non-hydrogen) atoms. The highest BCUT2D eigenvalue weighted by molar-refractivity contribution is 7.98. The highest BCUT2D eigenvalue weighted by Crippen LogP contribution is 2.32. The normalized spacial score (nSPS) is 10.7. The van der Waals surface area contributed by atoms with Gasteiger partial charge in [0.25, 0.3) is 0 Å². The first-order valence-corrected chi connectivity index (χ1v) is 10.0.